The van der Waals surface area contributed by atoms with Crippen molar-refractivity contribution in [2.75, 3.05) is 25.1 Å². The second-order valence-corrected chi connectivity index (χ2v) is 3.48. The lowest BCUT2D eigenvalue weighted by Gasteiger charge is -2.07. The van der Waals surface area contributed by atoms with Gasteiger partial charge in [-0.2, -0.15) is 9.37 Å². The topological polar surface area (TPSA) is 34.1 Å². The summed E-state index contributed by atoms with van der Waals surface area (Å²) in [6, 6.07) is 0.470. The average molecular weight is 248 g/mol. The summed E-state index contributed by atoms with van der Waals surface area (Å²) in [7, 11) is 0. The minimum absolute atomic E-state index is 0.278. The molecule has 1 N–H and O–H groups in total. The fraction of sp³-hybridized carbons (Fsp3) is 0.545. The highest BCUT2D eigenvalue weighted by Gasteiger charge is 2.10. The summed E-state index contributed by atoms with van der Waals surface area (Å²) >= 11 is 0. The summed E-state index contributed by atoms with van der Waals surface area (Å²) in [4.78, 5) is 3.14. The summed E-state index contributed by atoms with van der Waals surface area (Å²) < 4.78 is 43.6. The standard InChI is InChI=1S/C11H15F3N2O/c1-2-5-17-6-3-4-15-11-9(13)7-8(12)10(14)16-11/h7H,2-6H2,1H3,(H,15,16). The Kier molecular flexibility index (Phi) is 5.76. The minimum Gasteiger partial charge on any atom is -0.381 e. The van der Waals surface area contributed by atoms with Gasteiger partial charge in [-0.25, -0.2) is 8.78 Å². The number of hydrogen-bond donors (Lipinski definition) is 1. The van der Waals surface area contributed by atoms with Crippen LogP contribution in [0.4, 0.5) is 19.0 Å². The smallest absolute Gasteiger partial charge is 0.251 e. The van der Waals surface area contributed by atoms with Gasteiger partial charge in [0.1, 0.15) is 0 Å². The van der Waals surface area contributed by atoms with E-state index in [2.05, 4.69) is 10.3 Å². The van der Waals surface area contributed by atoms with Crippen molar-refractivity contribution in [3.8, 4) is 0 Å². The number of halogens is 3. The van der Waals surface area contributed by atoms with Crippen LogP contribution in [-0.4, -0.2) is 24.7 Å². The molecule has 0 fully saturated rings. The van der Waals surface area contributed by atoms with Crippen LogP contribution in [0.5, 0.6) is 0 Å². The van der Waals surface area contributed by atoms with E-state index in [1.165, 1.54) is 0 Å². The van der Waals surface area contributed by atoms with Gasteiger partial charge < -0.3 is 10.1 Å². The SMILES string of the molecule is CCCOCCCNc1nc(F)c(F)cc1F. The molecule has 0 bridgehead atoms. The highest BCUT2D eigenvalue weighted by Crippen LogP contribution is 2.13. The first-order chi connectivity index (χ1) is 8.15. The summed E-state index contributed by atoms with van der Waals surface area (Å²) in [5, 5.41) is 2.59. The van der Waals surface area contributed by atoms with Crippen molar-refractivity contribution >= 4 is 5.82 Å². The first-order valence-electron chi connectivity index (χ1n) is 5.48. The van der Waals surface area contributed by atoms with Crippen LogP contribution in [0.15, 0.2) is 6.07 Å². The molecule has 1 heterocycles. The number of anilines is 1. The first kappa shape index (κ1) is 13.8. The van der Waals surface area contributed by atoms with Gasteiger partial charge in [-0.15, -0.1) is 0 Å². The van der Waals surface area contributed by atoms with Crippen molar-refractivity contribution in [1.29, 1.82) is 0 Å². The summed E-state index contributed by atoms with van der Waals surface area (Å²) in [5.41, 5.74) is 0. The molecule has 0 saturated heterocycles. The molecule has 0 spiro atoms. The van der Waals surface area contributed by atoms with Gasteiger partial charge in [-0.05, 0) is 12.8 Å². The van der Waals surface area contributed by atoms with E-state index in [9.17, 15) is 13.2 Å². The maximum absolute atomic E-state index is 13.1. The Bertz CT molecular complexity index is 361. The molecular formula is C11H15F3N2O. The van der Waals surface area contributed by atoms with E-state index in [4.69, 9.17) is 4.74 Å². The van der Waals surface area contributed by atoms with E-state index >= 15 is 0 Å². The molecule has 0 unspecified atom stereocenters. The fourth-order valence-electron chi connectivity index (χ4n) is 1.20. The van der Waals surface area contributed by atoms with Gasteiger partial charge in [0.25, 0.3) is 5.95 Å². The molecule has 0 aromatic carbocycles. The van der Waals surface area contributed by atoms with Crippen LogP contribution in [-0.2, 0) is 4.74 Å². The number of hydrogen-bond acceptors (Lipinski definition) is 3. The summed E-state index contributed by atoms with van der Waals surface area (Å²) in [5.74, 6) is -3.78. The number of ether oxygens (including phenoxy) is 1. The number of aromatic nitrogens is 1. The van der Waals surface area contributed by atoms with Gasteiger partial charge in [0, 0.05) is 25.8 Å². The predicted molar refractivity (Wildman–Crippen MR) is 58.3 cm³/mol. The second-order valence-electron chi connectivity index (χ2n) is 3.48. The van der Waals surface area contributed by atoms with Crippen molar-refractivity contribution in [2.24, 2.45) is 0 Å². The van der Waals surface area contributed by atoms with Crippen LogP contribution in [0, 0.1) is 17.6 Å². The largest absolute Gasteiger partial charge is 0.381 e. The molecule has 0 amide bonds. The molecule has 1 aromatic heterocycles. The van der Waals surface area contributed by atoms with E-state index in [1.54, 1.807) is 0 Å². The van der Waals surface area contributed by atoms with E-state index < -0.39 is 17.6 Å². The zero-order valence-electron chi connectivity index (χ0n) is 9.60. The first-order valence-corrected chi connectivity index (χ1v) is 5.48. The molecule has 3 nitrogen and oxygen atoms in total. The van der Waals surface area contributed by atoms with Gasteiger partial charge in [0.2, 0.25) is 0 Å². The van der Waals surface area contributed by atoms with Gasteiger partial charge in [-0.1, -0.05) is 6.92 Å². The summed E-state index contributed by atoms with van der Waals surface area (Å²) in [6.07, 6.45) is 1.58. The predicted octanol–water partition coefficient (Wildman–Crippen LogP) is 2.73. The third-order valence-electron chi connectivity index (χ3n) is 1.99. The van der Waals surface area contributed by atoms with Crippen LogP contribution in [0.3, 0.4) is 0 Å². The van der Waals surface area contributed by atoms with Gasteiger partial charge in [0.15, 0.2) is 17.5 Å². The van der Waals surface area contributed by atoms with Crippen LogP contribution >= 0.6 is 0 Å². The lowest BCUT2D eigenvalue weighted by atomic mass is 10.4. The van der Waals surface area contributed by atoms with Crippen LogP contribution < -0.4 is 5.32 Å². The van der Waals surface area contributed by atoms with Crippen LogP contribution in [0.2, 0.25) is 0 Å². The highest BCUT2D eigenvalue weighted by molar-refractivity contribution is 5.35. The molecular weight excluding hydrogens is 233 g/mol. The molecule has 96 valence electrons. The Morgan fingerprint density at radius 2 is 2.00 bits per heavy atom. The van der Waals surface area contributed by atoms with E-state index in [1.807, 2.05) is 6.92 Å². The number of pyridine rings is 1. The van der Waals surface area contributed by atoms with Crippen molar-refractivity contribution in [1.82, 2.24) is 4.98 Å². The van der Waals surface area contributed by atoms with Crippen LogP contribution in [0.25, 0.3) is 0 Å². The Balaban J connectivity index is 2.34. The van der Waals surface area contributed by atoms with Crippen molar-refractivity contribution in [3.05, 3.63) is 23.6 Å². The zero-order chi connectivity index (χ0) is 12.7. The molecule has 0 aliphatic carbocycles. The lowest BCUT2D eigenvalue weighted by molar-refractivity contribution is 0.134. The monoisotopic (exact) mass is 248 g/mol. The molecule has 0 aliphatic heterocycles. The van der Waals surface area contributed by atoms with Crippen LogP contribution in [0.1, 0.15) is 19.8 Å². The molecule has 0 saturated carbocycles. The third-order valence-corrected chi connectivity index (χ3v) is 1.99. The van der Waals surface area contributed by atoms with E-state index in [-0.39, 0.29) is 5.82 Å². The summed E-state index contributed by atoms with van der Waals surface area (Å²) in [6.45, 7) is 3.60. The van der Waals surface area contributed by atoms with Gasteiger partial charge >= 0.3 is 0 Å². The number of rotatable bonds is 7. The molecule has 0 atom stereocenters. The molecule has 1 rings (SSSR count). The van der Waals surface area contributed by atoms with Crippen molar-refractivity contribution in [3.63, 3.8) is 0 Å². The Morgan fingerprint density at radius 3 is 2.71 bits per heavy atom. The maximum Gasteiger partial charge on any atom is 0.251 e. The molecule has 17 heavy (non-hydrogen) atoms. The molecule has 1 aromatic rings. The number of nitrogens with one attached hydrogen (secondary N) is 1. The van der Waals surface area contributed by atoms with Crippen molar-refractivity contribution in [2.45, 2.75) is 19.8 Å². The van der Waals surface area contributed by atoms with Gasteiger partial charge in [0.05, 0.1) is 0 Å². The molecule has 0 aliphatic rings. The Hall–Kier alpha value is -1.30. The second kappa shape index (κ2) is 7.11. The van der Waals surface area contributed by atoms with E-state index in [0.29, 0.717) is 32.2 Å². The fourth-order valence-corrected chi connectivity index (χ4v) is 1.20. The maximum atomic E-state index is 13.1. The zero-order valence-corrected chi connectivity index (χ0v) is 9.60. The van der Waals surface area contributed by atoms with Gasteiger partial charge in [-0.3, -0.25) is 0 Å². The Morgan fingerprint density at radius 1 is 1.24 bits per heavy atom. The Labute approximate surface area is 98.0 Å². The molecule has 6 heteroatoms. The quantitative estimate of drug-likeness (QED) is 0.595. The lowest BCUT2D eigenvalue weighted by Crippen LogP contribution is -2.10. The average Bonchev–Trinajstić information content (AvgIpc) is 2.30. The highest BCUT2D eigenvalue weighted by atomic mass is 19.2. The number of nitrogens with zero attached hydrogens (tertiary/aromatic N) is 1. The van der Waals surface area contributed by atoms with E-state index in [0.717, 1.165) is 6.42 Å². The minimum atomic E-state index is -1.31. The normalized spacial score (nSPS) is 10.6. The molecule has 0 radical (unpaired) electrons. The third kappa shape index (κ3) is 4.60. The van der Waals surface area contributed by atoms with Crippen molar-refractivity contribution < 1.29 is 17.9 Å².